The third-order valence-corrected chi connectivity index (χ3v) is 4.34. The lowest BCUT2D eigenvalue weighted by atomic mass is 10.1. The van der Waals surface area contributed by atoms with E-state index in [2.05, 4.69) is 19.6 Å². The molecule has 0 aromatic heterocycles. The lowest BCUT2D eigenvalue weighted by molar-refractivity contribution is -0.145. The Balaban J connectivity index is 4.36. The van der Waals surface area contributed by atoms with Crippen molar-refractivity contribution in [1.82, 2.24) is 0 Å². The maximum atomic E-state index is 11.4. The lowest BCUT2D eigenvalue weighted by Crippen LogP contribution is -2.27. The summed E-state index contributed by atoms with van der Waals surface area (Å²) in [7, 11) is -1.16. The number of carboxylic acid groups (broad SMARTS) is 1. The van der Waals surface area contributed by atoms with Gasteiger partial charge in [-0.3, -0.25) is 0 Å². The molecule has 0 saturated carbocycles. The van der Waals surface area contributed by atoms with Crippen molar-refractivity contribution in [2.45, 2.75) is 52.1 Å². The largest absolute Gasteiger partial charge is 0.478 e. The highest BCUT2D eigenvalue weighted by atomic mass is 28.3. The van der Waals surface area contributed by atoms with Crippen molar-refractivity contribution in [3.05, 3.63) is 12.2 Å². The molecular weight excluding hydrogens is 248 g/mol. The molecule has 0 aromatic rings. The monoisotopic (exact) mass is 272 g/mol. The molecule has 0 aromatic carbocycles. The van der Waals surface area contributed by atoms with Crippen LogP contribution in [0.25, 0.3) is 0 Å². The standard InChI is InChI=1S/C13H24O4Si/c1-10(2)11(8-9-18(3,4)5)17-13(16)7-6-12(14)15/h6-7,10-11H,8-9H2,1-5H3,(H,14,15). The van der Waals surface area contributed by atoms with Crippen LogP contribution in [0.3, 0.4) is 0 Å². The van der Waals surface area contributed by atoms with Gasteiger partial charge in [0.2, 0.25) is 0 Å². The van der Waals surface area contributed by atoms with Gasteiger partial charge in [0, 0.05) is 20.2 Å². The highest BCUT2D eigenvalue weighted by Gasteiger charge is 2.21. The van der Waals surface area contributed by atoms with Gasteiger partial charge < -0.3 is 9.84 Å². The molecule has 5 heteroatoms. The SMILES string of the molecule is CC(C)C(CC[Si](C)(C)C)OC(=O)C=CC(=O)O. The van der Waals surface area contributed by atoms with E-state index in [4.69, 9.17) is 9.84 Å². The molecule has 0 bridgehead atoms. The Labute approximate surface area is 110 Å². The number of carbonyl (C=O) groups excluding carboxylic acids is 1. The summed E-state index contributed by atoms with van der Waals surface area (Å²) in [5, 5.41) is 8.43. The van der Waals surface area contributed by atoms with Crippen molar-refractivity contribution in [2.24, 2.45) is 5.92 Å². The van der Waals surface area contributed by atoms with Gasteiger partial charge in [-0.15, -0.1) is 0 Å². The number of hydrogen-bond donors (Lipinski definition) is 1. The third kappa shape index (κ3) is 8.98. The number of rotatable bonds is 7. The van der Waals surface area contributed by atoms with Gasteiger partial charge in [-0.05, 0) is 12.3 Å². The molecule has 1 N–H and O–H groups in total. The van der Waals surface area contributed by atoms with Gasteiger partial charge in [-0.25, -0.2) is 9.59 Å². The summed E-state index contributed by atoms with van der Waals surface area (Å²) in [5.41, 5.74) is 0. The molecule has 4 nitrogen and oxygen atoms in total. The number of carbonyl (C=O) groups is 2. The first kappa shape index (κ1) is 16.9. The molecule has 0 radical (unpaired) electrons. The van der Waals surface area contributed by atoms with E-state index in [0.29, 0.717) is 0 Å². The summed E-state index contributed by atoms with van der Waals surface area (Å²) in [4.78, 5) is 21.7. The van der Waals surface area contributed by atoms with Gasteiger partial charge >= 0.3 is 11.9 Å². The summed E-state index contributed by atoms with van der Waals surface area (Å²) in [5.74, 6) is -1.48. The Bertz CT molecular complexity index is 315. The van der Waals surface area contributed by atoms with E-state index in [1.807, 2.05) is 13.8 Å². The Kier molecular flexibility index (Phi) is 6.91. The van der Waals surface area contributed by atoms with E-state index in [-0.39, 0.29) is 12.0 Å². The van der Waals surface area contributed by atoms with Gasteiger partial charge in [0.25, 0.3) is 0 Å². The Morgan fingerprint density at radius 2 is 1.78 bits per heavy atom. The predicted molar refractivity (Wildman–Crippen MR) is 74.3 cm³/mol. The first-order valence-electron chi connectivity index (χ1n) is 6.23. The number of carboxylic acids is 1. The van der Waals surface area contributed by atoms with Crippen LogP contribution in [0.2, 0.25) is 25.7 Å². The summed E-state index contributed by atoms with van der Waals surface area (Å²) in [6, 6.07) is 1.09. The molecule has 0 fully saturated rings. The van der Waals surface area contributed by atoms with E-state index in [0.717, 1.165) is 24.6 Å². The van der Waals surface area contributed by atoms with Crippen LogP contribution in [0.1, 0.15) is 20.3 Å². The van der Waals surface area contributed by atoms with Crippen molar-refractivity contribution in [2.75, 3.05) is 0 Å². The second-order valence-corrected chi connectivity index (χ2v) is 11.6. The summed E-state index contributed by atoms with van der Waals surface area (Å²) < 4.78 is 5.29. The molecule has 0 heterocycles. The molecule has 104 valence electrons. The van der Waals surface area contributed by atoms with Crippen LogP contribution < -0.4 is 0 Å². The number of aliphatic carboxylic acids is 1. The van der Waals surface area contributed by atoms with Crippen molar-refractivity contribution < 1.29 is 19.4 Å². The van der Waals surface area contributed by atoms with E-state index in [9.17, 15) is 9.59 Å². The van der Waals surface area contributed by atoms with Crippen LogP contribution in [0.15, 0.2) is 12.2 Å². The Morgan fingerprint density at radius 3 is 2.17 bits per heavy atom. The zero-order chi connectivity index (χ0) is 14.3. The van der Waals surface area contributed by atoms with E-state index in [1.54, 1.807) is 0 Å². The second-order valence-electron chi connectivity index (χ2n) is 5.99. The van der Waals surface area contributed by atoms with Gasteiger partial charge in [-0.1, -0.05) is 39.5 Å². The smallest absolute Gasteiger partial charge is 0.331 e. The van der Waals surface area contributed by atoms with Crippen LogP contribution >= 0.6 is 0 Å². The highest BCUT2D eigenvalue weighted by molar-refractivity contribution is 6.76. The number of esters is 1. The second kappa shape index (κ2) is 7.36. The van der Waals surface area contributed by atoms with Crippen molar-refractivity contribution in [1.29, 1.82) is 0 Å². The van der Waals surface area contributed by atoms with Crippen molar-refractivity contribution >= 4 is 20.0 Å². The zero-order valence-corrected chi connectivity index (χ0v) is 12.9. The quantitative estimate of drug-likeness (QED) is 0.440. The molecule has 0 amide bonds. The topological polar surface area (TPSA) is 63.6 Å². The Hall–Kier alpha value is -1.10. The highest BCUT2D eigenvalue weighted by Crippen LogP contribution is 2.19. The number of ether oxygens (including phenoxy) is 1. The molecule has 0 rings (SSSR count). The van der Waals surface area contributed by atoms with Gasteiger partial charge in [0.15, 0.2) is 0 Å². The van der Waals surface area contributed by atoms with Gasteiger partial charge in [0.1, 0.15) is 6.10 Å². The van der Waals surface area contributed by atoms with Gasteiger partial charge in [-0.2, -0.15) is 0 Å². The average molecular weight is 272 g/mol. The minimum absolute atomic E-state index is 0.136. The molecule has 18 heavy (non-hydrogen) atoms. The molecule has 0 spiro atoms. The lowest BCUT2D eigenvalue weighted by Gasteiger charge is -2.24. The molecule has 1 unspecified atom stereocenters. The van der Waals surface area contributed by atoms with Crippen LogP contribution in [0.4, 0.5) is 0 Å². The predicted octanol–water partition coefficient (Wildman–Crippen LogP) is 2.92. The van der Waals surface area contributed by atoms with Gasteiger partial charge in [0.05, 0.1) is 0 Å². The molecule has 0 aliphatic rings. The molecule has 0 saturated heterocycles. The fourth-order valence-electron chi connectivity index (χ4n) is 1.43. The minimum atomic E-state index is -1.16. The summed E-state index contributed by atoms with van der Waals surface area (Å²) >= 11 is 0. The van der Waals surface area contributed by atoms with E-state index in [1.165, 1.54) is 0 Å². The molecule has 0 aliphatic heterocycles. The van der Waals surface area contributed by atoms with Crippen LogP contribution in [-0.2, 0) is 14.3 Å². The molecule has 1 atom stereocenters. The van der Waals surface area contributed by atoms with Crippen LogP contribution in [0, 0.1) is 5.92 Å². The maximum absolute atomic E-state index is 11.4. The van der Waals surface area contributed by atoms with Crippen molar-refractivity contribution in [3.8, 4) is 0 Å². The zero-order valence-electron chi connectivity index (χ0n) is 11.9. The average Bonchev–Trinajstić information content (AvgIpc) is 2.19. The Morgan fingerprint density at radius 1 is 1.22 bits per heavy atom. The fourth-order valence-corrected chi connectivity index (χ4v) is 2.58. The van der Waals surface area contributed by atoms with Crippen molar-refractivity contribution in [3.63, 3.8) is 0 Å². The molecule has 0 aliphatic carbocycles. The number of hydrogen-bond acceptors (Lipinski definition) is 3. The fraction of sp³-hybridized carbons (Fsp3) is 0.692. The van der Waals surface area contributed by atoms with Crippen LogP contribution in [-0.4, -0.2) is 31.2 Å². The van der Waals surface area contributed by atoms with E-state index >= 15 is 0 Å². The maximum Gasteiger partial charge on any atom is 0.331 e. The summed E-state index contributed by atoms with van der Waals surface area (Å²) in [6.07, 6.45) is 2.48. The van der Waals surface area contributed by atoms with Crippen LogP contribution in [0.5, 0.6) is 0 Å². The first-order valence-corrected chi connectivity index (χ1v) is 9.94. The summed E-state index contributed by atoms with van der Waals surface area (Å²) in [6.45, 7) is 10.8. The van der Waals surface area contributed by atoms with E-state index < -0.39 is 20.0 Å². The minimum Gasteiger partial charge on any atom is -0.478 e. The third-order valence-electron chi connectivity index (χ3n) is 2.55. The normalized spacial score (nSPS) is 13.9. The first-order chi connectivity index (χ1) is 8.11. The molecular formula is C13H24O4Si.